The summed E-state index contributed by atoms with van der Waals surface area (Å²) in [7, 11) is 2.03. The lowest BCUT2D eigenvalue weighted by atomic mass is 10.1. The normalized spacial score (nSPS) is 14.8. The molecular formula is C13H20ClNOS2. The summed E-state index contributed by atoms with van der Waals surface area (Å²) in [4.78, 5) is 15.2. The second-order valence-electron chi connectivity index (χ2n) is 4.33. The average molecular weight is 306 g/mol. The van der Waals surface area contributed by atoms with Crippen molar-refractivity contribution in [2.45, 2.75) is 32.4 Å². The number of carbonyl (C=O) groups is 1. The van der Waals surface area contributed by atoms with E-state index in [2.05, 4.69) is 18.1 Å². The van der Waals surface area contributed by atoms with Gasteiger partial charge in [-0.25, -0.2) is 0 Å². The van der Waals surface area contributed by atoms with Gasteiger partial charge in [0.1, 0.15) is 0 Å². The molecule has 0 spiro atoms. The zero-order chi connectivity index (χ0) is 13.7. The van der Waals surface area contributed by atoms with Crippen LogP contribution in [-0.2, 0) is 0 Å². The van der Waals surface area contributed by atoms with Gasteiger partial charge in [0.2, 0.25) is 0 Å². The monoisotopic (exact) mass is 305 g/mol. The maximum absolute atomic E-state index is 12.3. The van der Waals surface area contributed by atoms with Crippen LogP contribution in [0.25, 0.3) is 0 Å². The standard InChI is InChI=1S/C13H20ClNOS2/c1-5-10(8-17-4)15(3)9(2)13(16)11-6-7-12(14)18-11/h6-7,9-10H,5,8H2,1-4H3. The highest BCUT2D eigenvalue weighted by molar-refractivity contribution is 7.98. The first-order valence-corrected chi connectivity index (χ1v) is 8.60. The van der Waals surface area contributed by atoms with Crippen LogP contribution in [0.3, 0.4) is 0 Å². The van der Waals surface area contributed by atoms with Gasteiger partial charge in [-0.2, -0.15) is 11.8 Å². The van der Waals surface area contributed by atoms with Crippen molar-refractivity contribution in [3.8, 4) is 0 Å². The predicted octanol–water partition coefficient (Wildman–Crippen LogP) is 4.05. The Bertz CT molecular complexity index is 394. The highest BCUT2D eigenvalue weighted by Crippen LogP contribution is 2.24. The van der Waals surface area contributed by atoms with Crippen molar-refractivity contribution in [1.29, 1.82) is 0 Å². The Kier molecular flexibility index (Phi) is 6.71. The van der Waals surface area contributed by atoms with Gasteiger partial charge in [-0.15, -0.1) is 11.3 Å². The first-order chi connectivity index (χ1) is 8.51. The highest BCUT2D eigenvalue weighted by Gasteiger charge is 2.25. The minimum absolute atomic E-state index is 0.100. The Morgan fingerprint density at radius 2 is 2.22 bits per heavy atom. The maximum Gasteiger partial charge on any atom is 0.189 e. The van der Waals surface area contributed by atoms with Gasteiger partial charge in [0.05, 0.1) is 15.3 Å². The fraction of sp³-hybridized carbons (Fsp3) is 0.615. The average Bonchev–Trinajstić information content (AvgIpc) is 2.80. The lowest BCUT2D eigenvalue weighted by Crippen LogP contribution is -2.43. The molecule has 1 heterocycles. The molecule has 0 aromatic carbocycles. The number of thiophene rings is 1. The van der Waals surface area contributed by atoms with Gasteiger partial charge in [0.15, 0.2) is 5.78 Å². The summed E-state index contributed by atoms with van der Waals surface area (Å²) in [5.41, 5.74) is 0. The summed E-state index contributed by atoms with van der Waals surface area (Å²) in [6, 6.07) is 3.94. The van der Waals surface area contributed by atoms with Crippen LogP contribution < -0.4 is 0 Å². The lowest BCUT2D eigenvalue weighted by Gasteiger charge is -2.31. The number of nitrogens with zero attached hydrogens (tertiary/aromatic N) is 1. The SMILES string of the molecule is CCC(CSC)N(C)C(C)C(=O)c1ccc(Cl)s1. The molecule has 0 amide bonds. The van der Waals surface area contributed by atoms with Crippen LogP contribution in [0, 0.1) is 0 Å². The van der Waals surface area contributed by atoms with Crippen LogP contribution in [-0.4, -0.2) is 41.8 Å². The molecule has 2 nitrogen and oxygen atoms in total. The van der Waals surface area contributed by atoms with Crippen LogP contribution in [0.2, 0.25) is 4.34 Å². The van der Waals surface area contributed by atoms with Gasteiger partial charge < -0.3 is 0 Å². The van der Waals surface area contributed by atoms with Crippen molar-refractivity contribution in [1.82, 2.24) is 4.90 Å². The molecule has 2 atom stereocenters. The fourth-order valence-corrected chi connectivity index (χ4v) is 3.79. The van der Waals surface area contributed by atoms with E-state index in [-0.39, 0.29) is 11.8 Å². The minimum Gasteiger partial charge on any atom is -0.293 e. The highest BCUT2D eigenvalue weighted by atomic mass is 35.5. The molecule has 0 bridgehead atoms. The van der Waals surface area contributed by atoms with Crippen molar-refractivity contribution in [2.24, 2.45) is 0 Å². The molecule has 5 heteroatoms. The van der Waals surface area contributed by atoms with Gasteiger partial charge in [0, 0.05) is 11.8 Å². The first-order valence-electron chi connectivity index (χ1n) is 6.01. The topological polar surface area (TPSA) is 20.3 Å². The predicted molar refractivity (Wildman–Crippen MR) is 83.3 cm³/mol. The molecule has 0 fully saturated rings. The van der Waals surface area contributed by atoms with Crippen LogP contribution >= 0.6 is 34.7 Å². The van der Waals surface area contributed by atoms with Gasteiger partial charge in [-0.3, -0.25) is 9.69 Å². The van der Waals surface area contributed by atoms with E-state index in [4.69, 9.17) is 11.6 Å². The Hall–Kier alpha value is -0.0300. The van der Waals surface area contributed by atoms with Crippen LogP contribution in [0.1, 0.15) is 29.9 Å². The van der Waals surface area contributed by atoms with Crippen LogP contribution in [0.15, 0.2) is 12.1 Å². The third-order valence-corrected chi connectivity index (χ3v) is 5.18. The third-order valence-electron chi connectivity index (χ3n) is 3.21. The Morgan fingerprint density at radius 3 is 2.67 bits per heavy atom. The Labute approximate surface area is 123 Å². The molecule has 0 saturated carbocycles. The number of hydrogen-bond acceptors (Lipinski definition) is 4. The molecule has 0 N–H and O–H groups in total. The zero-order valence-corrected chi connectivity index (χ0v) is 13.7. The molecule has 102 valence electrons. The lowest BCUT2D eigenvalue weighted by molar-refractivity contribution is 0.0831. The molecular weight excluding hydrogens is 286 g/mol. The molecule has 0 saturated heterocycles. The van der Waals surface area contributed by atoms with E-state index < -0.39 is 0 Å². The molecule has 1 aromatic heterocycles. The Balaban J connectivity index is 2.73. The van der Waals surface area contributed by atoms with E-state index in [9.17, 15) is 4.79 Å². The third kappa shape index (κ3) is 3.98. The molecule has 18 heavy (non-hydrogen) atoms. The largest absolute Gasteiger partial charge is 0.293 e. The van der Waals surface area contributed by atoms with E-state index in [1.807, 2.05) is 31.8 Å². The smallest absolute Gasteiger partial charge is 0.189 e. The summed E-state index contributed by atoms with van der Waals surface area (Å²) < 4.78 is 0.671. The summed E-state index contributed by atoms with van der Waals surface area (Å²) in [6.45, 7) is 4.13. The van der Waals surface area contributed by atoms with Crippen molar-refractivity contribution in [3.05, 3.63) is 21.3 Å². The molecule has 0 aliphatic heterocycles. The van der Waals surface area contributed by atoms with E-state index in [0.717, 1.165) is 17.1 Å². The molecule has 1 aromatic rings. The number of ketones is 1. The van der Waals surface area contributed by atoms with Crippen molar-refractivity contribution in [3.63, 3.8) is 0 Å². The van der Waals surface area contributed by atoms with Gasteiger partial charge in [0.25, 0.3) is 0 Å². The number of hydrogen-bond donors (Lipinski definition) is 0. The minimum atomic E-state index is -0.100. The molecule has 2 unspecified atom stereocenters. The van der Waals surface area contributed by atoms with E-state index in [1.165, 1.54) is 11.3 Å². The summed E-state index contributed by atoms with van der Waals surface area (Å²) in [6.07, 6.45) is 3.15. The summed E-state index contributed by atoms with van der Waals surface area (Å²) in [5, 5.41) is 0. The molecule has 0 aliphatic carbocycles. The van der Waals surface area contributed by atoms with Crippen molar-refractivity contribution < 1.29 is 4.79 Å². The maximum atomic E-state index is 12.3. The van der Waals surface area contributed by atoms with E-state index in [1.54, 1.807) is 6.07 Å². The number of likely N-dealkylation sites (N-methyl/N-ethyl adjacent to an activating group) is 1. The fourth-order valence-electron chi connectivity index (χ4n) is 1.87. The van der Waals surface area contributed by atoms with Crippen molar-refractivity contribution in [2.75, 3.05) is 19.1 Å². The number of carbonyl (C=O) groups excluding carboxylic acids is 1. The van der Waals surface area contributed by atoms with Gasteiger partial charge >= 0.3 is 0 Å². The number of thioether (sulfide) groups is 1. The zero-order valence-electron chi connectivity index (χ0n) is 11.3. The number of halogens is 1. The number of rotatable bonds is 7. The quantitative estimate of drug-likeness (QED) is 0.709. The number of Topliss-reactive ketones (excluding diaryl/α,β-unsaturated/α-hetero) is 1. The second kappa shape index (κ2) is 7.53. The summed E-state index contributed by atoms with van der Waals surface area (Å²) in [5.74, 6) is 1.21. The molecule has 0 radical (unpaired) electrons. The van der Waals surface area contributed by atoms with E-state index >= 15 is 0 Å². The van der Waals surface area contributed by atoms with E-state index in [0.29, 0.717) is 10.4 Å². The molecule has 0 aliphatic rings. The van der Waals surface area contributed by atoms with Gasteiger partial charge in [-0.05, 0) is 38.8 Å². The first kappa shape index (κ1) is 16.0. The molecule has 1 rings (SSSR count). The van der Waals surface area contributed by atoms with Gasteiger partial charge in [-0.1, -0.05) is 18.5 Å². The van der Waals surface area contributed by atoms with Crippen LogP contribution in [0.5, 0.6) is 0 Å². The van der Waals surface area contributed by atoms with Crippen LogP contribution in [0.4, 0.5) is 0 Å². The summed E-state index contributed by atoms with van der Waals surface area (Å²) >= 11 is 9.06. The Morgan fingerprint density at radius 1 is 1.56 bits per heavy atom. The van der Waals surface area contributed by atoms with Crippen molar-refractivity contribution >= 4 is 40.5 Å². The second-order valence-corrected chi connectivity index (χ2v) is 6.95.